The van der Waals surface area contributed by atoms with E-state index >= 15 is 0 Å². The molecule has 1 unspecified atom stereocenters. The van der Waals surface area contributed by atoms with Gasteiger partial charge in [0.05, 0.1) is 12.0 Å². The van der Waals surface area contributed by atoms with Crippen molar-refractivity contribution >= 4 is 17.5 Å². The van der Waals surface area contributed by atoms with Gasteiger partial charge < -0.3 is 4.90 Å². The molecule has 0 bridgehead atoms. The monoisotopic (exact) mass is 291 g/mol. The fourth-order valence-corrected chi connectivity index (χ4v) is 1.84. The number of halogens is 1. The molecular formula is C12H14ClN7. The van der Waals surface area contributed by atoms with E-state index in [1.807, 2.05) is 18.7 Å². The fraction of sp³-hybridized carbons (Fsp3) is 0.417. The Bertz CT molecular complexity index is 605. The van der Waals surface area contributed by atoms with Crippen LogP contribution in [0.15, 0.2) is 18.7 Å². The lowest BCUT2D eigenvalue weighted by molar-refractivity contribution is 0.666. The van der Waals surface area contributed by atoms with Crippen molar-refractivity contribution in [2.75, 3.05) is 18.0 Å². The Morgan fingerprint density at radius 1 is 1.45 bits per heavy atom. The molecule has 0 saturated heterocycles. The number of hydrogen-bond acceptors (Lipinski definition) is 6. The summed E-state index contributed by atoms with van der Waals surface area (Å²) in [5.74, 6) is 0.737. The molecule has 20 heavy (non-hydrogen) atoms. The van der Waals surface area contributed by atoms with E-state index in [1.54, 1.807) is 23.3 Å². The summed E-state index contributed by atoms with van der Waals surface area (Å²) in [4.78, 5) is 18.4. The predicted octanol–water partition coefficient (Wildman–Crippen LogP) is 1.70. The summed E-state index contributed by atoms with van der Waals surface area (Å²) < 4.78 is 1.65. The van der Waals surface area contributed by atoms with Crippen LogP contribution in [0.5, 0.6) is 0 Å². The molecule has 104 valence electrons. The minimum absolute atomic E-state index is 0.113. The van der Waals surface area contributed by atoms with Crippen molar-refractivity contribution in [3.05, 3.63) is 24.0 Å². The van der Waals surface area contributed by atoms with Crippen LogP contribution < -0.4 is 4.90 Å². The molecule has 0 radical (unpaired) electrons. The summed E-state index contributed by atoms with van der Waals surface area (Å²) in [5.41, 5.74) is 0. The number of aromatic nitrogens is 5. The number of nitrogens with zero attached hydrogens (tertiary/aromatic N) is 7. The maximum Gasteiger partial charge on any atom is 0.241 e. The van der Waals surface area contributed by atoms with E-state index in [9.17, 15) is 0 Å². The molecule has 7 nitrogen and oxygen atoms in total. The first-order valence-corrected chi connectivity index (χ1v) is 6.56. The smallest absolute Gasteiger partial charge is 0.241 e. The zero-order valence-electron chi connectivity index (χ0n) is 11.2. The van der Waals surface area contributed by atoms with Gasteiger partial charge in [0.1, 0.15) is 6.33 Å². The van der Waals surface area contributed by atoms with E-state index in [0.29, 0.717) is 25.0 Å². The highest BCUT2D eigenvalue weighted by Gasteiger charge is 2.15. The van der Waals surface area contributed by atoms with Crippen LogP contribution in [0.4, 0.5) is 5.95 Å². The zero-order valence-corrected chi connectivity index (χ0v) is 12.0. The Hall–Kier alpha value is -2.20. The normalized spacial score (nSPS) is 11.9. The molecule has 0 aromatic carbocycles. The van der Waals surface area contributed by atoms with E-state index in [1.165, 1.54) is 0 Å². The van der Waals surface area contributed by atoms with Gasteiger partial charge >= 0.3 is 0 Å². The molecule has 0 saturated carbocycles. The molecular weight excluding hydrogens is 278 g/mol. The first-order chi connectivity index (χ1) is 9.63. The summed E-state index contributed by atoms with van der Waals surface area (Å²) in [7, 11) is 0. The van der Waals surface area contributed by atoms with Crippen molar-refractivity contribution in [1.82, 2.24) is 24.5 Å². The van der Waals surface area contributed by atoms with E-state index in [4.69, 9.17) is 16.9 Å². The van der Waals surface area contributed by atoms with Crippen molar-refractivity contribution in [1.29, 1.82) is 5.26 Å². The van der Waals surface area contributed by atoms with Gasteiger partial charge in [-0.2, -0.15) is 20.2 Å². The molecule has 2 aromatic rings. The number of anilines is 1. The lowest BCUT2D eigenvalue weighted by Crippen LogP contribution is -2.30. The summed E-state index contributed by atoms with van der Waals surface area (Å²) in [6.45, 7) is 5.04. The summed E-state index contributed by atoms with van der Waals surface area (Å²) in [6, 6.07) is 2.20. The summed E-state index contributed by atoms with van der Waals surface area (Å²) in [6.07, 6.45) is 4.94. The van der Waals surface area contributed by atoms with Crippen LogP contribution in [-0.4, -0.2) is 37.6 Å². The quantitative estimate of drug-likeness (QED) is 0.833. The van der Waals surface area contributed by atoms with Gasteiger partial charge in [-0.15, -0.1) is 0 Å². The maximum atomic E-state index is 8.92. The van der Waals surface area contributed by atoms with Crippen LogP contribution in [0.1, 0.15) is 13.8 Å². The molecule has 1 atom stereocenters. The molecule has 0 fully saturated rings. The Balaban J connectivity index is 2.34. The van der Waals surface area contributed by atoms with E-state index in [2.05, 4.69) is 26.0 Å². The van der Waals surface area contributed by atoms with Gasteiger partial charge in [0.15, 0.2) is 0 Å². The fourth-order valence-electron chi connectivity index (χ4n) is 1.69. The highest BCUT2D eigenvalue weighted by Crippen LogP contribution is 2.14. The predicted molar refractivity (Wildman–Crippen MR) is 74.6 cm³/mol. The largest absolute Gasteiger partial charge is 0.340 e. The van der Waals surface area contributed by atoms with Crippen molar-refractivity contribution < 1.29 is 0 Å². The average Bonchev–Trinajstić information content (AvgIpc) is 2.97. The molecule has 8 heteroatoms. The number of hydrogen-bond donors (Lipinski definition) is 0. The van der Waals surface area contributed by atoms with Gasteiger partial charge in [0.2, 0.25) is 17.2 Å². The highest BCUT2D eigenvalue weighted by atomic mass is 35.5. The van der Waals surface area contributed by atoms with E-state index in [-0.39, 0.29) is 11.2 Å². The summed E-state index contributed by atoms with van der Waals surface area (Å²) >= 11 is 5.95. The van der Waals surface area contributed by atoms with Gasteiger partial charge in [-0.05, 0) is 25.4 Å². The van der Waals surface area contributed by atoms with E-state index < -0.39 is 0 Å². The van der Waals surface area contributed by atoms with Crippen LogP contribution in [0.3, 0.4) is 0 Å². The third-order valence-electron chi connectivity index (χ3n) is 2.70. The van der Waals surface area contributed by atoms with Crippen molar-refractivity contribution in [3.8, 4) is 12.0 Å². The molecule has 0 aliphatic heterocycles. The molecule has 2 rings (SSSR count). The third kappa shape index (κ3) is 3.22. The van der Waals surface area contributed by atoms with Crippen LogP contribution in [0, 0.1) is 17.2 Å². The maximum absolute atomic E-state index is 8.92. The second-order valence-electron chi connectivity index (χ2n) is 4.24. The van der Waals surface area contributed by atoms with Crippen molar-refractivity contribution in [3.63, 3.8) is 0 Å². The standard InChI is InChI=1S/C12H14ClN7/c1-3-19(7-9(2)6-14)11-16-10(13)17-12(18-11)20-5-4-15-8-20/h4-5,8-9H,3,7H2,1-2H3. The van der Waals surface area contributed by atoms with E-state index in [0.717, 1.165) is 0 Å². The number of nitriles is 1. The van der Waals surface area contributed by atoms with Gasteiger partial charge in [-0.25, -0.2) is 4.98 Å². The van der Waals surface area contributed by atoms with Crippen LogP contribution in [0.2, 0.25) is 5.28 Å². The molecule has 2 aromatic heterocycles. The van der Waals surface area contributed by atoms with Gasteiger partial charge in [0.25, 0.3) is 0 Å². The molecule has 0 aliphatic rings. The molecule has 0 aliphatic carbocycles. The lowest BCUT2D eigenvalue weighted by Gasteiger charge is -2.22. The zero-order chi connectivity index (χ0) is 14.5. The Labute approximate surface area is 121 Å². The second kappa shape index (κ2) is 6.30. The van der Waals surface area contributed by atoms with Crippen molar-refractivity contribution in [2.45, 2.75) is 13.8 Å². The third-order valence-corrected chi connectivity index (χ3v) is 2.87. The molecule has 2 heterocycles. The van der Waals surface area contributed by atoms with Gasteiger partial charge in [0, 0.05) is 25.5 Å². The second-order valence-corrected chi connectivity index (χ2v) is 4.58. The minimum Gasteiger partial charge on any atom is -0.340 e. The lowest BCUT2D eigenvalue weighted by atomic mass is 10.2. The number of imidazole rings is 1. The Morgan fingerprint density at radius 2 is 2.25 bits per heavy atom. The van der Waals surface area contributed by atoms with Gasteiger partial charge in [-0.3, -0.25) is 4.57 Å². The first-order valence-electron chi connectivity index (χ1n) is 6.18. The molecule has 0 amide bonds. The van der Waals surface area contributed by atoms with Crippen LogP contribution in [-0.2, 0) is 0 Å². The van der Waals surface area contributed by atoms with Gasteiger partial charge in [-0.1, -0.05) is 0 Å². The molecule has 0 N–H and O–H groups in total. The Morgan fingerprint density at radius 3 is 2.85 bits per heavy atom. The average molecular weight is 292 g/mol. The number of rotatable bonds is 5. The molecule has 0 spiro atoms. The SMILES string of the molecule is CCN(CC(C)C#N)c1nc(Cl)nc(-n2ccnc2)n1. The van der Waals surface area contributed by atoms with Crippen LogP contribution in [0.25, 0.3) is 5.95 Å². The Kier molecular flexibility index (Phi) is 4.48. The highest BCUT2D eigenvalue weighted by molar-refractivity contribution is 6.28. The first kappa shape index (κ1) is 14.2. The topological polar surface area (TPSA) is 83.5 Å². The van der Waals surface area contributed by atoms with Crippen molar-refractivity contribution in [2.24, 2.45) is 5.92 Å². The minimum atomic E-state index is -0.123. The summed E-state index contributed by atoms with van der Waals surface area (Å²) in [5, 5.41) is 9.03. The van der Waals surface area contributed by atoms with Crippen LogP contribution >= 0.6 is 11.6 Å².